The van der Waals surface area contributed by atoms with Gasteiger partial charge in [-0.1, -0.05) is 12.1 Å². The topological polar surface area (TPSA) is 60.2 Å². The van der Waals surface area contributed by atoms with Crippen LogP contribution in [0.3, 0.4) is 0 Å². The zero-order chi connectivity index (χ0) is 14.1. The fourth-order valence-electron chi connectivity index (χ4n) is 1.97. The van der Waals surface area contributed by atoms with E-state index in [-0.39, 0.29) is 5.88 Å². The van der Waals surface area contributed by atoms with Crippen molar-refractivity contribution in [1.82, 2.24) is 14.8 Å². The van der Waals surface area contributed by atoms with E-state index in [1.54, 1.807) is 13.2 Å². The van der Waals surface area contributed by atoms with Crippen molar-refractivity contribution in [3.05, 3.63) is 41.4 Å². The lowest BCUT2D eigenvalue weighted by molar-refractivity contribution is 0.416. The highest BCUT2D eigenvalue weighted by molar-refractivity contribution is 7.12. The van der Waals surface area contributed by atoms with Crippen LogP contribution in [0.5, 0.6) is 11.6 Å². The van der Waals surface area contributed by atoms with E-state index in [4.69, 9.17) is 4.74 Å². The summed E-state index contributed by atoms with van der Waals surface area (Å²) < 4.78 is 6.76. The van der Waals surface area contributed by atoms with Crippen molar-refractivity contribution in [2.24, 2.45) is 0 Å². The van der Waals surface area contributed by atoms with Crippen molar-refractivity contribution in [3.8, 4) is 28.0 Å². The Hall–Kier alpha value is -2.34. The minimum absolute atomic E-state index is 0.0865. The van der Waals surface area contributed by atoms with Gasteiger partial charge in [-0.15, -0.1) is 11.3 Å². The van der Waals surface area contributed by atoms with Crippen LogP contribution in [0.15, 0.2) is 35.7 Å². The molecular weight excluding hydrogens is 274 g/mol. The second kappa shape index (κ2) is 4.97. The Balaban J connectivity index is 2.04. The highest BCUT2D eigenvalue weighted by Crippen LogP contribution is 2.32. The zero-order valence-corrected chi connectivity index (χ0v) is 11.9. The van der Waals surface area contributed by atoms with Crippen LogP contribution in [0.4, 0.5) is 0 Å². The maximum absolute atomic E-state index is 9.81. The van der Waals surface area contributed by atoms with E-state index in [2.05, 4.69) is 10.1 Å². The Bertz CT molecular complexity index is 748. The lowest BCUT2D eigenvalue weighted by Crippen LogP contribution is -1.95. The van der Waals surface area contributed by atoms with Gasteiger partial charge in [-0.25, -0.2) is 4.98 Å². The Labute approximate surface area is 120 Å². The normalized spacial score (nSPS) is 10.7. The van der Waals surface area contributed by atoms with E-state index in [0.29, 0.717) is 5.13 Å². The number of aromatic hydroxyl groups is 1. The molecule has 1 aromatic carbocycles. The molecule has 0 unspecified atom stereocenters. The van der Waals surface area contributed by atoms with Crippen LogP contribution < -0.4 is 4.74 Å². The first-order valence-corrected chi connectivity index (χ1v) is 6.92. The van der Waals surface area contributed by atoms with Crippen LogP contribution in [0.1, 0.15) is 5.69 Å². The van der Waals surface area contributed by atoms with Gasteiger partial charge in [0.05, 0.1) is 18.5 Å². The predicted octanol–water partition coefficient (Wildman–Crippen LogP) is 3.02. The highest BCUT2D eigenvalue weighted by atomic mass is 32.1. The summed E-state index contributed by atoms with van der Waals surface area (Å²) in [5, 5.41) is 16.6. The minimum Gasteiger partial charge on any atom is -0.496 e. The summed E-state index contributed by atoms with van der Waals surface area (Å²) in [7, 11) is 1.63. The quantitative estimate of drug-likeness (QED) is 0.804. The molecule has 0 fully saturated rings. The molecule has 0 aliphatic carbocycles. The second-order valence-electron chi connectivity index (χ2n) is 4.27. The van der Waals surface area contributed by atoms with Gasteiger partial charge in [0.2, 0.25) is 11.0 Å². The summed E-state index contributed by atoms with van der Waals surface area (Å²) in [4.78, 5) is 4.51. The fraction of sp³-hybridized carbons (Fsp3) is 0.143. The third-order valence-corrected chi connectivity index (χ3v) is 3.69. The van der Waals surface area contributed by atoms with E-state index < -0.39 is 0 Å². The maximum Gasteiger partial charge on any atom is 0.216 e. The van der Waals surface area contributed by atoms with Gasteiger partial charge >= 0.3 is 0 Å². The first-order chi connectivity index (χ1) is 9.69. The number of thiazole rings is 1. The molecule has 5 nitrogen and oxygen atoms in total. The van der Waals surface area contributed by atoms with Crippen LogP contribution in [0.25, 0.3) is 16.4 Å². The molecule has 0 bridgehead atoms. The summed E-state index contributed by atoms with van der Waals surface area (Å²) in [5.74, 6) is 0.855. The van der Waals surface area contributed by atoms with Crippen molar-refractivity contribution < 1.29 is 9.84 Å². The SMILES string of the molecule is COc1ccccc1-c1csc(-n2nc(C)cc2O)n1. The van der Waals surface area contributed by atoms with Crippen LogP contribution >= 0.6 is 11.3 Å². The minimum atomic E-state index is 0.0865. The predicted molar refractivity (Wildman–Crippen MR) is 77.6 cm³/mol. The van der Waals surface area contributed by atoms with E-state index in [1.165, 1.54) is 16.0 Å². The number of ether oxygens (including phenoxy) is 1. The summed E-state index contributed by atoms with van der Waals surface area (Å²) in [5.41, 5.74) is 2.47. The monoisotopic (exact) mass is 287 g/mol. The van der Waals surface area contributed by atoms with Gasteiger partial charge in [0, 0.05) is 17.0 Å². The van der Waals surface area contributed by atoms with Gasteiger partial charge in [-0.2, -0.15) is 9.78 Å². The molecule has 0 saturated heterocycles. The number of para-hydroxylation sites is 1. The van der Waals surface area contributed by atoms with Gasteiger partial charge in [0.1, 0.15) is 5.75 Å². The molecule has 0 aliphatic heterocycles. The molecule has 0 spiro atoms. The van der Waals surface area contributed by atoms with Gasteiger partial charge in [-0.05, 0) is 19.1 Å². The molecule has 0 aliphatic rings. The molecule has 3 aromatic rings. The number of benzene rings is 1. The van der Waals surface area contributed by atoms with Crippen molar-refractivity contribution in [1.29, 1.82) is 0 Å². The fourth-order valence-corrected chi connectivity index (χ4v) is 2.75. The summed E-state index contributed by atoms with van der Waals surface area (Å²) in [6.07, 6.45) is 0. The molecule has 2 aromatic heterocycles. The largest absolute Gasteiger partial charge is 0.496 e. The van der Waals surface area contributed by atoms with Crippen LogP contribution in [0.2, 0.25) is 0 Å². The Kier molecular flexibility index (Phi) is 3.15. The van der Waals surface area contributed by atoms with Gasteiger partial charge in [0.15, 0.2) is 0 Å². The van der Waals surface area contributed by atoms with Crippen molar-refractivity contribution in [2.45, 2.75) is 6.92 Å². The average Bonchev–Trinajstić information content (AvgIpc) is 3.05. The maximum atomic E-state index is 9.81. The lowest BCUT2D eigenvalue weighted by atomic mass is 10.1. The number of rotatable bonds is 3. The Morgan fingerprint density at radius 2 is 2.10 bits per heavy atom. The molecule has 0 amide bonds. The molecular formula is C14H13N3O2S. The molecule has 20 heavy (non-hydrogen) atoms. The summed E-state index contributed by atoms with van der Waals surface area (Å²) in [6.45, 7) is 1.82. The molecule has 6 heteroatoms. The van der Waals surface area contributed by atoms with E-state index in [9.17, 15) is 5.11 Å². The first-order valence-electron chi connectivity index (χ1n) is 6.04. The number of hydrogen-bond acceptors (Lipinski definition) is 5. The zero-order valence-electron chi connectivity index (χ0n) is 11.1. The summed E-state index contributed by atoms with van der Waals surface area (Å²) >= 11 is 1.42. The lowest BCUT2D eigenvalue weighted by Gasteiger charge is -2.04. The van der Waals surface area contributed by atoms with Gasteiger partial charge in [-0.3, -0.25) is 0 Å². The molecule has 2 heterocycles. The first kappa shape index (κ1) is 12.7. The molecule has 0 atom stereocenters. The van der Waals surface area contributed by atoms with Crippen molar-refractivity contribution in [3.63, 3.8) is 0 Å². The van der Waals surface area contributed by atoms with Crippen molar-refractivity contribution in [2.75, 3.05) is 7.11 Å². The van der Waals surface area contributed by atoms with Crippen molar-refractivity contribution >= 4 is 11.3 Å². The van der Waals surface area contributed by atoms with Crippen LogP contribution in [0, 0.1) is 6.92 Å². The van der Waals surface area contributed by atoms with Crippen LogP contribution in [-0.4, -0.2) is 27.0 Å². The number of methoxy groups -OCH3 is 1. The van der Waals surface area contributed by atoms with E-state index >= 15 is 0 Å². The third kappa shape index (κ3) is 2.14. The molecule has 1 N–H and O–H groups in total. The second-order valence-corrected chi connectivity index (χ2v) is 5.11. The van der Waals surface area contributed by atoms with E-state index in [1.807, 2.05) is 36.6 Å². The van der Waals surface area contributed by atoms with E-state index in [0.717, 1.165) is 22.7 Å². The standard InChI is InChI=1S/C14H13N3O2S/c1-9-7-13(18)17(16-9)14-15-11(8-20-14)10-5-3-4-6-12(10)19-2/h3-8,18H,1-2H3. The number of nitrogens with zero attached hydrogens (tertiary/aromatic N) is 3. The molecule has 0 radical (unpaired) electrons. The number of aryl methyl sites for hydroxylation is 1. The average molecular weight is 287 g/mol. The molecule has 0 saturated carbocycles. The molecule has 3 rings (SSSR count). The third-order valence-electron chi connectivity index (χ3n) is 2.87. The Morgan fingerprint density at radius 1 is 1.30 bits per heavy atom. The summed E-state index contributed by atoms with van der Waals surface area (Å²) in [6, 6.07) is 9.30. The highest BCUT2D eigenvalue weighted by Gasteiger charge is 2.13. The van der Waals surface area contributed by atoms with Gasteiger partial charge in [0.25, 0.3) is 0 Å². The Morgan fingerprint density at radius 3 is 2.80 bits per heavy atom. The number of hydrogen-bond donors (Lipinski definition) is 1. The van der Waals surface area contributed by atoms with Crippen LogP contribution in [-0.2, 0) is 0 Å². The number of aromatic nitrogens is 3. The smallest absolute Gasteiger partial charge is 0.216 e. The van der Waals surface area contributed by atoms with Gasteiger partial charge < -0.3 is 9.84 Å². The molecule has 102 valence electrons.